The number of amides is 1. The van der Waals surface area contributed by atoms with Gasteiger partial charge in [-0.1, -0.05) is 17.7 Å². The van der Waals surface area contributed by atoms with Gasteiger partial charge in [0, 0.05) is 50.0 Å². The van der Waals surface area contributed by atoms with Crippen molar-refractivity contribution in [3.05, 3.63) is 71.0 Å². The zero-order valence-electron chi connectivity index (χ0n) is 17.6. The molecule has 1 aromatic heterocycles. The third-order valence-corrected chi connectivity index (χ3v) is 6.72. The summed E-state index contributed by atoms with van der Waals surface area (Å²) in [5.74, 6) is -0.149. The van der Waals surface area contributed by atoms with E-state index in [1.807, 2.05) is 18.3 Å². The molecule has 0 saturated heterocycles. The van der Waals surface area contributed by atoms with Crippen molar-refractivity contribution in [2.75, 3.05) is 28.3 Å². The van der Waals surface area contributed by atoms with E-state index in [1.54, 1.807) is 36.1 Å². The van der Waals surface area contributed by atoms with Crippen molar-refractivity contribution in [3.63, 3.8) is 0 Å². The maximum absolute atomic E-state index is 13.0. The predicted molar refractivity (Wildman–Crippen MR) is 118 cm³/mol. The topological polar surface area (TPSA) is 84.7 Å². The maximum Gasteiger partial charge on any atom is 0.253 e. The summed E-state index contributed by atoms with van der Waals surface area (Å²) in [5.41, 5.74) is 1.86. The van der Waals surface area contributed by atoms with Gasteiger partial charge < -0.3 is 9.64 Å². The number of aromatic nitrogens is 2. The minimum atomic E-state index is -3.78. The Morgan fingerprint density at radius 2 is 1.90 bits per heavy atom. The summed E-state index contributed by atoms with van der Waals surface area (Å²) in [6.45, 7) is 0.293. The van der Waals surface area contributed by atoms with E-state index in [9.17, 15) is 13.2 Å². The molecular formula is C21H23ClN4O4S. The first kappa shape index (κ1) is 22.8. The number of hydrogen-bond acceptors (Lipinski definition) is 5. The van der Waals surface area contributed by atoms with Crippen LogP contribution in [0.4, 0.5) is 0 Å². The summed E-state index contributed by atoms with van der Waals surface area (Å²) in [5, 5.41) is 4.92. The summed E-state index contributed by atoms with van der Waals surface area (Å²) in [6.07, 6.45) is 3.48. The normalized spacial score (nSPS) is 11.5. The predicted octanol–water partition coefficient (Wildman–Crippen LogP) is 3.06. The molecule has 31 heavy (non-hydrogen) atoms. The van der Waals surface area contributed by atoms with Gasteiger partial charge in [0.1, 0.15) is 10.6 Å². The maximum atomic E-state index is 13.0. The Kier molecular flexibility index (Phi) is 6.68. The minimum Gasteiger partial charge on any atom is -0.495 e. The smallest absolute Gasteiger partial charge is 0.253 e. The average Bonchev–Trinajstić information content (AvgIpc) is 3.21. The molecule has 0 unspecified atom stereocenters. The number of benzene rings is 2. The van der Waals surface area contributed by atoms with Gasteiger partial charge in [-0.3, -0.25) is 4.79 Å². The van der Waals surface area contributed by atoms with Gasteiger partial charge in [0.25, 0.3) is 5.91 Å². The second-order valence-electron chi connectivity index (χ2n) is 7.09. The van der Waals surface area contributed by atoms with Crippen LogP contribution in [0.5, 0.6) is 5.75 Å². The molecule has 2 aromatic carbocycles. The Hall–Kier alpha value is -2.88. The van der Waals surface area contributed by atoms with Gasteiger partial charge in [-0.25, -0.2) is 17.4 Å². The van der Waals surface area contributed by atoms with Crippen LogP contribution < -0.4 is 4.74 Å². The lowest BCUT2D eigenvalue weighted by Gasteiger charge is -2.19. The number of nitrogens with zero attached hydrogens (tertiary/aromatic N) is 4. The summed E-state index contributed by atoms with van der Waals surface area (Å²) in [7, 11) is 2.10. The van der Waals surface area contributed by atoms with Crippen LogP contribution in [0.15, 0.2) is 59.8 Å². The molecule has 0 aliphatic carbocycles. The van der Waals surface area contributed by atoms with E-state index in [1.165, 1.54) is 38.2 Å². The molecule has 3 rings (SSSR count). The molecule has 1 amide bonds. The third-order valence-electron chi connectivity index (χ3n) is 4.64. The van der Waals surface area contributed by atoms with Crippen LogP contribution >= 0.6 is 11.6 Å². The molecule has 10 heteroatoms. The van der Waals surface area contributed by atoms with Crippen molar-refractivity contribution < 1.29 is 17.9 Å². The molecule has 0 aliphatic rings. The number of methoxy groups -OCH3 is 1. The molecule has 0 aliphatic heterocycles. The zero-order chi connectivity index (χ0) is 22.8. The van der Waals surface area contributed by atoms with Gasteiger partial charge >= 0.3 is 0 Å². The second-order valence-corrected chi connectivity index (χ2v) is 9.64. The minimum absolute atomic E-state index is 0.0620. The molecule has 0 atom stereocenters. The highest BCUT2D eigenvalue weighted by Crippen LogP contribution is 2.27. The first-order chi connectivity index (χ1) is 14.6. The molecule has 8 nitrogen and oxygen atoms in total. The summed E-state index contributed by atoms with van der Waals surface area (Å²) in [4.78, 5) is 14.4. The van der Waals surface area contributed by atoms with Crippen LogP contribution in [0.2, 0.25) is 5.02 Å². The quantitative estimate of drug-likeness (QED) is 0.538. The van der Waals surface area contributed by atoms with E-state index in [-0.39, 0.29) is 22.1 Å². The number of carbonyl (C=O) groups is 1. The summed E-state index contributed by atoms with van der Waals surface area (Å²) >= 11 is 6.03. The number of hydrogen-bond donors (Lipinski definition) is 0. The fourth-order valence-electron chi connectivity index (χ4n) is 2.98. The monoisotopic (exact) mass is 462 g/mol. The van der Waals surface area contributed by atoms with Crippen LogP contribution in [0, 0.1) is 0 Å². The number of ether oxygens (including phenoxy) is 1. The highest BCUT2D eigenvalue weighted by Gasteiger charge is 2.24. The lowest BCUT2D eigenvalue weighted by Crippen LogP contribution is -2.27. The number of sulfonamides is 1. The SMILES string of the molecule is COc1ccc(C(=O)N(C)Cc2cnn(-c3cccc(Cl)c3)c2)cc1S(=O)(=O)N(C)C. The van der Waals surface area contributed by atoms with E-state index in [4.69, 9.17) is 16.3 Å². The summed E-state index contributed by atoms with van der Waals surface area (Å²) < 4.78 is 33.1. The first-order valence-electron chi connectivity index (χ1n) is 9.29. The third kappa shape index (κ3) is 4.90. The number of carbonyl (C=O) groups excluding carboxylic acids is 1. The van der Waals surface area contributed by atoms with Gasteiger partial charge in [-0.05, 0) is 36.4 Å². The van der Waals surface area contributed by atoms with E-state index in [2.05, 4.69) is 5.10 Å². The molecule has 0 saturated carbocycles. The number of halogens is 1. The Balaban J connectivity index is 1.82. The molecule has 0 bridgehead atoms. The molecule has 0 spiro atoms. The van der Waals surface area contributed by atoms with E-state index >= 15 is 0 Å². The van der Waals surface area contributed by atoms with Gasteiger partial charge in [0.2, 0.25) is 10.0 Å². The lowest BCUT2D eigenvalue weighted by molar-refractivity contribution is 0.0785. The molecule has 0 N–H and O–H groups in total. The van der Waals surface area contributed by atoms with E-state index in [0.717, 1.165) is 15.6 Å². The van der Waals surface area contributed by atoms with Crippen molar-refractivity contribution in [3.8, 4) is 11.4 Å². The van der Waals surface area contributed by atoms with Crippen LogP contribution in [-0.4, -0.2) is 61.6 Å². The van der Waals surface area contributed by atoms with Crippen molar-refractivity contribution in [2.24, 2.45) is 0 Å². The molecule has 0 fully saturated rings. The van der Waals surface area contributed by atoms with Crippen LogP contribution in [0.25, 0.3) is 5.69 Å². The van der Waals surface area contributed by atoms with Crippen molar-refractivity contribution >= 4 is 27.5 Å². The fourth-order valence-corrected chi connectivity index (χ4v) is 4.24. The van der Waals surface area contributed by atoms with Crippen molar-refractivity contribution in [1.29, 1.82) is 0 Å². The Morgan fingerprint density at radius 1 is 1.16 bits per heavy atom. The number of rotatable bonds is 7. The molecule has 3 aromatic rings. The van der Waals surface area contributed by atoms with Gasteiger partial charge in [-0.2, -0.15) is 5.10 Å². The highest BCUT2D eigenvalue weighted by molar-refractivity contribution is 7.89. The van der Waals surface area contributed by atoms with Gasteiger partial charge in [0.15, 0.2) is 0 Å². The Morgan fingerprint density at radius 3 is 2.55 bits per heavy atom. The summed E-state index contributed by atoms with van der Waals surface area (Å²) in [6, 6.07) is 11.6. The molecular weight excluding hydrogens is 440 g/mol. The Labute approximate surface area is 186 Å². The largest absolute Gasteiger partial charge is 0.495 e. The fraction of sp³-hybridized carbons (Fsp3) is 0.238. The first-order valence-corrected chi connectivity index (χ1v) is 11.1. The Bertz CT molecular complexity index is 1210. The standard InChI is InChI=1S/C21H23ClN4O4S/c1-24(2)31(28,29)20-10-16(8-9-19(20)30-4)21(27)25(3)13-15-12-23-26(14-15)18-7-5-6-17(22)11-18/h5-12,14H,13H2,1-4H3. The molecule has 1 heterocycles. The average molecular weight is 463 g/mol. The molecule has 164 valence electrons. The molecule has 0 radical (unpaired) electrons. The lowest BCUT2D eigenvalue weighted by atomic mass is 10.2. The van der Waals surface area contributed by atoms with Crippen LogP contribution in [-0.2, 0) is 16.6 Å². The van der Waals surface area contributed by atoms with E-state index in [0.29, 0.717) is 11.6 Å². The second kappa shape index (κ2) is 9.09. The zero-order valence-corrected chi connectivity index (χ0v) is 19.2. The van der Waals surface area contributed by atoms with Gasteiger partial charge in [0.05, 0.1) is 19.0 Å². The van der Waals surface area contributed by atoms with Gasteiger partial charge in [-0.15, -0.1) is 0 Å². The van der Waals surface area contributed by atoms with Crippen molar-refractivity contribution in [1.82, 2.24) is 19.0 Å². The highest BCUT2D eigenvalue weighted by atomic mass is 35.5. The van der Waals surface area contributed by atoms with E-state index < -0.39 is 10.0 Å². The van der Waals surface area contributed by atoms with Crippen LogP contribution in [0.3, 0.4) is 0 Å². The van der Waals surface area contributed by atoms with Crippen LogP contribution in [0.1, 0.15) is 15.9 Å². The van der Waals surface area contributed by atoms with Crippen molar-refractivity contribution in [2.45, 2.75) is 11.4 Å².